The highest BCUT2D eigenvalue weighted by molar-refractivity contribution is 7.89. The molecule has 0 amide bonds. The molecule has 0 bridgehead atoms. The Hall–Kier alpha value is -0.920. The van der Waals surface area contributed by atoms with Gasteiger partial charge in [0, 0.05) is 23.8 Å². The Kier molecular flexibility index (Phi) is 4.06. The molecule has 1 rings (SSSR count). The fraction of sp³-hybridized carbons (Fsp3) is 0.667. The molecule has 6 nitrogen and oxygen atoms in total. The Morgan fingerprint density at radius 3 is 2.56 bits per heavy atom. The molecule has 0 saturated carbocycles. The molecular formula is C9H18N4O2S. The highest BCUT2D eigenvalue weighted by Gasteiger charge is 2.23. The Morgan fingerprint density at radius 2 is 2.06 bits per heavy atom. The van der Waals surface area contributed by atoms with Gasteiger partial charge in [-0.05, 0) is 27.8 Å². The van der Waals surface area contributed by atoms with Gasteiger partial charge in [0.25, 0.3) is 10.0 Å². The standard InChI is InChI=1S/C9H18N4O2S/c1-6(2)13-16(14,15)9-8(5-10-4)7(3)11-12-9/h6,10,13H,5H2,1-4H3,(H,11,12). The molecule has 3 N–H and O–H groups in total. The van der Waals surface area contributed by atoms with Crippen molar-refractivity contribution in [1.29, 1.82) is 0 Å². The smallest absolute Gasteiger partial charge is 0.260 e. The monoisotopic (exact) mass is 246 g/mol. The first-order valence-electron chi connectivity index (χ1n) is 5.09. The maximum Gasteiger partial charge on any atom is 0.260 e. The zero-order valence-electron chi connectivity index (χ0n) is 9.96. The van der Waals surface area contributed by atoms with Crippen LogP contribution in [0.2, 0.25) is 0 Å². The molecule has 1 aromatic rings. The number of aromatic amines is 1. The van der Waals surface area contributed by atoms with E-state index in [1.165, 1.54) is 0 Å². The topological polar surface area (TPSA) is 86.9 Å². The van der Waals surface area contributed by atoms with E-state index in [9.17, 15) is 8.42 Å². The summed E-state index contributed by atoms with van der Waals surface area (Å²) in [6.07, 6.45) is 0. The van der Waals surface area contributed by atoms with E-state index >= 15 is 0 Å². The normalized spacial score (nSPS) is 12.3. The number of sulfonamides is 1. The lowest BCUT2D eigenvalue weighted by molar-refractivity contribution is 0.563. The predicted molar refractivity (Wildman–Crippen MR) is 61.5 cm³/mol. The molecule has 1 aromatic heterocycles. The molecule has 0 aliphatic carbocycles. The van der Waals surface area contributed by atoms with Crippen molar-refractivity contribution in [2.75, 3.05) is 7.05 Å². The summed E-state index contributed by atoms with van der Waals surface area (Å²) >= 11 is 0. The third-order valence-electron chi connectivity index (χ3n) is 2.03. The lowest BCUT2D eigenvalue weighted by atomic mass is 10.3. The highest BCUT2D eigenvalue weighted by Crippen LogP contribution is 2.15. The number of aryl methyl sites for hydroxylation is 1. The SMILES string of the molecule is CNCc1c(S(=O)(=O)NC(C)C)n[nH]c1C. The van der Waals surface area contributed by atoms with E-state index in [4.69, 9.17) is 0 Å². The summed E-state index contributed by atoms with van der Waals surface area (Å²) in [5.74, 6) is 0. The molecule has 1 heterocycles. The van der Waals surface area contributed by atoms with Crippen molar-refractivity contribution in [1.82, 2.24) is 20.2 Å². The Bertz CT molecular complexity index is 450. The lowest BCUT2D eigenvalue weighted by Crippen LogP contribution is -2.31. The van der Waals surface area contributed by atoms with E-state index in [1.807, 2.05) is 0 Å². The van der Waals surface area contributed by atoms with Crippen LogP contribution in [0.5, 0.6) is 0 Å². The molecule has 0 fully saturated rings. The van der Waals surface area contributed by atoms with Gasteiger partial charge in [-0.1, -0.05) is 0 Å². The van der Waals surface area contributed by atoms with Gasteiger partial charge in [0.05, 0.1) is 0 Å². The predicted octanol–water partition coefficient (Wildman–Crippen LogP) is 0.124. The number of H-pyrrole nitrogens is 1. The third kappa shape index (κ3) is 2.81. The summed E-state index contributed by atoms with van der Waals surface area (Å²) in [7, 11) is -1.76. The average molecular weight is 246 g/mol. The lowest BCUT2D eigenvalue weighted by Gasteiger charge is -2.09. The highest BCUT2D eigenvalue weighted by atomic mass is 32.2. The van der Waals surface area contributed by atoms with Gasteiger partial charge in [-0.15, -0.1) is 0 Å². The van der Waals surface area contributed by atoms with Crippen LogP contribution in [0.25, 0.3) is 0 Å². The molecule has 0 aliphatic heterocycles. The summed E-state index contributed by atoms with van der Waals surface area (Å²) < 4.78 is 26.4. The number of rotatable bonds is 5. The Morgan fingerprint density at radius 1 is 1.44 bits per heavy atom. The Balaban J connectivity index is 3.12. The van der Waals surface area contributed by atoms with Crippen LogP contribution < -0.4 is 10.0 Å². The van der Waals surface area contributed by atoms with Crippen LogP contribution >= 0.6 is 0 Å². The maximum atomic E-state index is 11.9. The Labute approximate surface area is 95.9 Å². The van der Waals surface area contributed by atoms with Crippen LogP contribution in [0.4, 0.5) is 0 Å². The van der Waals surface area contributed by atoms with Crippen molar-refractivity contribution >= 4 is 10.0 Å². The van der Waals surface area contributed by atoms with Gasteiger partial charge in [-0.2, -0.15) is 5.10 Å². The van der Waals surface area contributed by atoms with Crippen molar-refractivity contribution in [2.45, 2.75) is 38.4 Å². The van der Waals surface area contributed by atoms with Crippen molar-refractivity contribution in [3.63, 3.8) is 0 Å². The minimum Gasteiger partial charge on any atom is -0.316 e. The first kappa shape index (κ1) is 13.1. The van der Waals surface area contributed by atoms with Gasteiger partial charge in [0.1, 0.15) is 0 Å². The van der Waals surface area contributed by atoms with Gasteiger partial charge in [-0.3, -0.25) is 5.10 Å². The minimum absolute atomic E-state index is 0.0769. The van der Waals surface area contributed by atoms with E-state index in [0.717, 1.165) is 5.69 Å². The molecule has 7 heteroatoms. The van der Waals surface area contributed by atoms with Gasteiger partial charge >= 0.3 is 0 Å². The quantitative estimate of drug-likeness (QED) is 0.689. The molecule has 16 heavy (non-hydrogen) atoms. The van der Waals surface area contributed by atoms with Gasteiger partial charge < -0.3 is 5.32 Å². The zero-order valence-corrected chi connectivity index (χ0v) is 10.8. The second-order valence-electron chi connectivity index (χ2n) is 3.94. The molecule has 0 aromatic carbocycles. The molecule has 0 spiro atoms. The second kappa shape index (κ2) is 4.94. The second-order valence-corrected chi connectivity index (χ2v) is 5.57. The molecule has 0 atom stereocenters. The van der Waals surface area contributed by atoms with E-state index in [1.54, 1.807) is 27.8 Å². The van der Waals surface area contributed by atoms with Gasteiger partial charge in [-0.25, -0.2) is 13.1 Å². The average Bonchev–Trinajstić information content (AvgIpc) is 2.47. The number of hydrogen-bond donors (Lipinski definition) is 3. The number of hydrogen-bond acceptors (Lipinski definition) is 4. The molecule has 0 unspecified atom stereocenters. The van der Waals surface area contributed by atoms with Crippen molar-refractivity contribution in [3.05, 3.63) is 11.3 Å². The van der Waals surface area contributed by atoms with Crippen LogP contribution in [-0.4, -0.2) is 31.7 Å². The zero-order chi connectivity index (χ0) is 12.3. The molecule has 0 radical (unpaired) electrons. The summed E-state index contributed by atoms with van der Waals surface area (Å²) in [6.45, 7) is 5.81. The van der Waals surface area contributed by atoms with Crippen molar-refractivity contribution in [2.24, 2.45) is 0 Å². The molecule has 92 valence electrons. The fourth-order valence-electron chi connectivity index (χ4n) is 1.40. The van der Waals surface area contributed by atoms with Crippen LogP contribution in [0, 0.1) is 6.92 Å². The van der Waals surface area contributed by atoms with E-state index in [-0.39, 0.29) is 11.1 Å². The van der Waals surface area contributed by atoms with Crippen LogP contribution in [0.3, 0.4) is 0 Å². The van der Waals surface area contributed by atoms with E-state index < -0.39 is 10.0 Å². The molecule has 0 saturated heterocycles. The minimum atomic E-state index is -3.52. The van der Waals surface area contributed by atoms with Gasteiger partial charge in [0.15, 0.2) is 5.03 Å². The largest absolute Gasteiger partial charge is 0.316 e. The fourth-order valence-corrected chi connectivity index (χ4v) is 2.85. The first-order chi connectivity index (χ1) is 7.38. The summed E-state index contributed by atoms with van der Waals surface area (Å²) in [4.78, 5) is 0. The van der Waals surface area contributed by atoms with Crippen LogP contribution in [0.1, 0.15) is 25.1 Å². The summed E-state index contributed by atoms with van der Waals surface area (Å²) in [5.41, 5.74) is 1.44. The van der Waals surface area contributed by atoms with Crippen LogP contribution in [0.15, 0.2) is 5.03 Å². The third-order valence-corrected chi connectivity index (χ3v) is 3.66. The number of aromatic nitrogens is 2. The summed E-state index contributed by atoms with van der Waals surface area (Å²) in [5, 5.41) is 9.54. The van der Waals surface area contributed by atoms with E-state index in [0.29, 0.717) is 12.1 Å². The first-order valence-corrected chi connectivity index (χ1v) is 6.57. The summed E-state index contributed by atoms with van der Waals surface area (Å²) in [6, 6.07) is -0.149. The number of nitrogens with zero attached hydrogens (tertiary/aromatic N) is 1. The van der Waals surface area contributed by atoms with Gasteiger partial charge in [0.2, 0.25) is 0 Å². The molecule has 0 aliphatic rings. The van der Waals surface area contributed by atoms with Crippen molar-refractivity contribution < 1.29 is 8.42 Å². The molecular weight excluding hydrogens is 228 g/mol. The number of nitrogens with one attached hydrogen (secondary N) is 3. The maximum absolute atomic E-state index is 11.9. The van der Waals surface area contributed by atoms with E-state index in [2.05, 4.69) is 20.2 Å². The van der Waals surface area contributed by atoms with Crippen molar-refractivity contribution in [3.8, 4) is 0 Å². The van der Waals surface area contributed by atoms with Crippen LogP contribution in [-0.2, 0) is 16.6 Å².